The fourth-order valence-corrected chi connectivity index (χ4v) is 2.47. The summed E-state index contributed by atoms with van der Waals surface area (Å²) in [7, 11) is 1.76. The maximum absolute atomic E-state index is 12.8. The van der Waals surface area contributed by atoms with E-state index in [9.17, 15) is 18.0 Å². The van der Waals surface area contributed by atoms with Crippen LogP contribution >= 0.6 is 0 Å². The summed E-state index contributed by atoms with van der Waals surface area (Å²) in [6.07, 6.45) is -0.259. The third kappa shape index (κ3) is 3.10. The number of nitrogens with zero attached hydrogens (tertiary/aromatic N) is 4. The predicted octanol–water partition coefficient (Wildman–Crippen LogP) is 2.51. The minimum absolute atomic E-state index is 0.0345. The standard InChI is InChI=1S/C15H14F3N5O/c1-22-6-7-23(14(24)15(16,17)18)12-8-10(2-3-11(12)22)21-9-13-19-4-5-20-13/h2-5,8-9H,6-7H2,1H3,(H,19,20)/b21-9+. The molecule has 1 N–H and O–H groups in total. The number of aromatic nitrogens is 2. The lowest BCUT2D eigenvalue weighted by Crippen LogP contribution is -2.48. The number of benzene rings is 1. The normalized spacial score (nSPS) is 15.0. The van der Waals surface area contributed by atoms with E-state index in [-0.39, 0.29) is 12.2 Å². The molecule has 0 unspecified atom stereocenters. The van der Waals surface area contributed by atoms with Crippen LogP contribution in [0, 0.1) is 0 Å². The molecule has 2 aromatic rings. The Bertz CT molecular complexity index is 770. The Kier molecular flexibility index (Phi) is 4.00. The van der Waals surface area contributed by atoms with Crippen LogP contribution in [-0.2, 0) is 4.79 Å². The first-order valence-corrected chi connectivity index (χ1v) is 7.13. The van der Waals surface area contributed by atoms with Gasteiger partial charge in [0.25, 0.3) is 0 Å². The van der Waals surface area contributed by atoms with E-state index in [1.54, 1.807) is 36.5 Å². The van der Waals surface area contributed by atoms with Gasteiger partial charge in [-0.15, -0.1) is 0 Å². The van der Waals surface area contributed by atoms with Crippen molar-refractivity contribution < 1.29 is 18.0 Å². The van der Waals surface area contributed by atoms with Crippen LogP contribution < -0.4 is 9.80 Å². The lowest BCUT2D eigenvalue weighted by molar-refractivity contribution is -0.170. The van der Waals surface area contributed by atoms with Gasteiger partial charge in [0.05, 0.1) is 23.3 Å². The van der Waals surface area contributed by atoms with E-state index < -0.39 is 12.1 Å². The number of aliphatic imine (C=N–C) groups is 1. The van der Waals surface area contributed by atoms with Crippen molar-refractivity contribution in [1.82, 2.24) is 9.97 Å². The fraction of sp³-hybridized carbons (Fsp3) is 0.267. The number of aromatic amines is 1. The number of carbonyl (C=O) groups excluding carboxylic acids is 1. The molecule has 0 aliphatic carbocycles. The SMILES string of the molecule is CN1CCN(C(=O)C(F)(F)F)c2cc(/N=C/c3ncc[nH]3)ccc21. The van der Waals surface area contributed by atoms with E-state index in [4.69, 9.17) is 0 Å². The number of halogens is 3. The Morgan fingerprint density at radius 2 is 2.12 bits per heavy atom. The van der Waals surface area contributed by atoms with Gasteiger partial charge < -0.3 is 14.8 Å². The molecule has 0 fully saturated rings. The highest BCUT2D eigenvalue weighted by Crippen LogP contribution is 2.37. The Morgan fingerprint density at radius 1 is 1.33 bits per heavy atom. The van der Waals surface area contributed by atoms with Gasteiger partial charge in [0, 0.05) is 32.5 Å². The van der Waals surface area contributed by atoms with Crippen molar-refractivity contribution in [2.75, 3.05) is 29.9 Å². The maximum Gasteiger partial charge on any atom is 0.471 e. The van der Waals surface area contributed by atoms with Gasteiger partial charge in [-0.3, -0.25) is 9.79 Å². The molecular formula is C15H14F3N5O. The first-order valence-electron chi connectivity index (χ1n) is 7.13. The number of hydrogen-bond acceptors (Lipinski definition) is 4. The van der Waals surface area contributed by atoms with Gasteiger partial charge in [-0.05, 0) is 18.2 Å². The average molecular weight is 337 g/mol. The number of nitrogens with one attached hydrogen (secondary N) is 1. The molecule has 6 nitrogen and oxygen atoms in total. The van der Waals surface area contributed by atoms with Gasteiger partial charge in [0.15, 0.2) is 0 Å². The molecular weight excluding hydrogens is 323 g/mol. The Balaban J connectivity index is 1.96. The highest BCUT2D eigenvalue weighted by molar-refractivity contribution is 6.01. The van der Waals surface area contributed by atoms with E-state index in [1.807, 2.05) is 0 Å². The van der Waals surface area contributed by atoms with Crippen molar-refractivity contribution in [2.24, 2.45) is 4.99 Å². The zero-order chi connectivity index (χ0) is 17.3. The summed E-state index contributed by atoms with van der Waals surface area (Å²) in [4.78, 5) is 25.2. The topological polar surface area (TPSA) is 64.6 Å². The largest absolute Gasteiger partial charge is 0.471 e. The van der Waals surface area contributed by atoms with Gasteiger partial charge in [0.1, 0.15) is 5.82 Å². The summed E-state index contributed by atoms with van der Waals surface area (Å²) in [6, 6.07) is 4.80. The summed E-state index contributed by atoms with van der Waals surface area (Å²) in [6.45, 7) is 0.289. The molecule has 1 aromatic heterocycles. The molecule has 0 saturated heterocycles. The van der Waals surface area contributed by atoms with E-state index in [0.29, 0.717) is 23.7 Å². The minimum atomic E-state index is -4.92. The highest BCUT2D eigenvalue weighted by atomic mass is 19.4. The molecule has 1 aliphatic rings. The van der Waals surface area contributed by atoms with Crippen LogP contribution in [0.2, 0.25) is 0 Å². The smallest absolute Gasteiger partial charge is 0.371 e. The molecule has 1 aliphatic heterocycles. The predicted molar refractivity (Wildman–Crippen MR) is 84.0 cm³/mol. The summed E-state index contributed by atoms with van der Waals surface area (Å²) < 4.78 is 38.4. The van der Waals surface area contributed by atoms with E-state index in [0.717, 1.165) is 4.90 Å². The molecule has 3 rings (SSSR count). The number of H-pyrrole nitrogens is 1. The number of amides is 1. The van der Waals surface area contributed by atoms with Gasteiger partial charge >= 0.3 is 12.1 Å². The van der Waals surface area contributed by atoms with Crippen LogP contribution in [0.25, 0.3) is 0 Å². The number of anilines is 2. The van der Waals surface area contributed by atoms with E-state index in [2.05, 4.69) is 15.0 Å². The zero-order valence-corrected chi connectivity index (χ0v) is 12.7. The average Bonchev–Trinajstić information content (AvgIpc) is 3.05. The van der Waals surface area contributed by atoms with Gasteiger partial charge in [-0.25, -0.2) is 4.98 Å². The monoisotopic (exact) mass is 337 g/mol. The number of rotatable bonds is 2. The third-order valence-electron chi connectivity index (χ3n) is 3.66. The Hall–Kier alpha value is -2.84. The molecule has 24 heavy (non-hydrogen) atoms. The maximum atomic E-state index is 12.8. The number of imidazole rings is 1. The van der Waals surface area contributed by atoms with Crippen molar-refractivity contribution in [2.45, 2.75) is 6.18 Å². The minimum Gasteiger partial charge on any atom is -0.371 e. The summed E-state index contributed by atoms with van der Waals surface area (Å²) in [5.74, 6) is -1.35. The van der Waals surface area contributed by atoms with Gasteiger partial charge in [-0.1, -0.05) is 0 Å². The molecule has 2 heterocycles. The molecule has 126 valence electrons. The van der Waals surface area contributed by atoms with Crippen molar-refractivity contribution in [3.05, 3.63) is 36.4 Å². The van der Waals surface area contributed by atoms with Crippen LogP contribution in [0.3, 0.4) is 0 Å². The highest BCUT2D eigenvalue weighted by Gasteiger charge is 2.44. The number of hydrogen-bond donors (Lipinski definition) is 1. The molecule has 0 bridgehead atoms. The van der Waals surface area contributed by atoms with Crippen molar-refractivity contribution in [3.8, 4) is 0 Å². The quantitative estimate of drug-likeness (QED) is 0.857. The summed E-state index contributed by atoms with van der Waals surface area (Å²) in [5, 5.41) is 0. The Labute approximate surface area is 135 Å². The first-order chi connectivity index (χ1) is 11.4. The lowest BCUT2D eigenvalue weighted by atomic mass is 10.1. The first kappa shape index (κ1) is 16.0. The molecule has 1 amide bonds. The van der Waals surface area contributed by atoms with E-state index >= 15 is 0 Å². The van der Waals surface area contributed by atoms with Crippen LogP contribution in [0.1, 0.15) is 5.82 Å². The van der Waals surface area contributed by atoms with Crippen molar-refractivity contribution >= 4 is 29.2 Å². The molecule has 0 saturated carbocycles. The van der Waals surface area contributed by atoms with Crippen LogP contribution in [0.15, 0.2) is 35.6 Å². The number of fused-ring (bicyclic) bond motifs is 1. The van der Waals surface area contributed by atoms with Gasteiger partial charge in [0.2, 0.25) is 0 Å². The summed E-state index contributed by atoms with van der Waals surface area (Å²) >= 11 is 0. The van der Waals surface area contributed by atoms with Gasteiger partial charge in [-0.2, -0.15) is 13.2 Å². The fourth-order valence-electron chi connectivity index (χ4n) is 2.47. The molecule has 1 aromatic carbocycles. The van der Waals surface area contributed by atoms with Crippen LogP contribution in [-0.4, -0.2) is 48.4 Å². The van der Waals surface area contributed by atoms with E-state index in [1.165, 1.54) is 12.3 Å². The van der Waals surface area contributed by atoms with Crippen molar-refractivity contribution in [3.63, 3.8) is 0 Å². The molecule has 0 spiro atoms. The summed E-state index contributed by atoms with van der Waals surface area (Å²) in [5.41, 5.74) is 1.18. The van der Waals surface area contributed by atoms with Crippen LogP contribution in [0.4, 0.5) is 30.2 Å². The molecule has 0 atom stereocenters. The number of alkyl halides is 3. The second kappa shape index (κ2) is 5.99. The molecule has 9 heteroatoms. The second-order valence-corrected chi connectivity index (χ2v) is 5.28. The Morgan fingerprint density at radius 3 is 2.79 bits per heavy atom. The lowest BCUT2D eigenvalue weighted by Gasteiger charge is -2.36. The van der Waals surface area contributed by atoms with Crippen molar-refractivity contribution in [1.29, 1.82) is 0 Å². The number of likely N-dealkylation sites (N-methyl/N-ethyl adjacent to an activating group) is 1. The third-order valence-corrected chi connectivity index (χ3v) is 3.66. The second-order valence-electron chi connectivity index (χ2n) is 5.28. The van der Waals surface area contributed by atoms with Crippen LogP contribution in [0.5, 0.6) is 0 Å². The molecule has 0 radical (unpaired) electrons. The zero-order valence-electron chi connectivity index (χ0n) is 12.7. The number of carbonyl (C=O) groups is 1.